The topological polar surface area (TPSA) is 56.2 Å². The maximum atomic E-state index is 9.32. The van der Waals surface area contributed by atoms with Crippen LogP contribution in [-0.2, 0) is 6.54 Å². The van der Waals surface area contributed by atoms with Crippen LogP contribution in [0.25, 0.3) is 0 Å². The number of likely N-dealkylation sites (N-methyl/N-ethyl adjacent to an activating group) is 2. The lowest BCUT2D eigenvalue weighted by Crippen LogP contribution is -2.44. The number of hydrogen-bond acceptors (Lipinski definition) is 5. The summed E-state index contributed by atoms with van der Waals surface area (Å²) in [5, 5.41) is 18.6. The monoisotopic (exact) mass is 292 g/mol. The Labute approximate surface area is 127 Å². The zero-order valence-electron chi connectivity index (χ0n) is 13.1. The van der Waals surface area contributed by atoms with Crippen LogP contribution in [-0.4, -0.2) is 67.3 Å². The molecule has 1 aliphatic rings. The number of nitrogens with zero attached hydrogens (tertiary/aromatic N) is 2. The van der Waals surface area contributed by atoms with E-state index in [1.54, 1.807) is 19.2 Å². The lowest BCUT2D eigenvalue weighted by molar-refractivity contribution is 0.128. The average Bonchev–Trinajstić information content (AvgIpc) is 2.47. The van der Waals surface area contributed by atoms with Crippen molar-refractivity contribution in [3.8, 4) is 5.75 Å². The minimum atomic E-state index is -1.44. The van der Waals surface area contributed by atoms with Crippen molar-refractivity contribution in [2.45, 2.75) is 25.4 Å². The Kier molecular flexibility index (Phi) is 5.64. The second-order valence-electron chi connectivity index (χ2n) is 5.92. The van der Waals surface area contributed by atoms with Crippen LogP contribution in [0.1, 0.15) is 18.4 Å². The van der Waals surface area contributed by atoms with Gasteiger partial charge in [-0.25, -0.2) is 0 Å². The van der Waals surface area contributed by atoms with Crippen molar-refractivity contribution in [2.24, 2.45) is 0 Å². The minimum Gasteiger partial charge on any atom is -0.496 e. The zero-order chi connectivity index (χ0) is 15.4. The Morgan fingerprint density at radius 1 is 1.43 bits per heavy atom. The molecule has 6 heteroatoms. The highest BCUT2D eigenvalue weighted by atomic mass is 16.5. The second kappa shape index (κ2) is 7.27. The Morgan fingerprint density at radius 3 is 2.81 bits per heavy atom. The summed E-state index contributed by atoms with van der Waals surface area (Å²) >= 11 is 0. The third-order valence-corrected chi connectivity index (χ3v) is 4.25. The molecular formula is C15H25BN2O3. The van der Waals surface area contributed by atoms with Crippen molar-refractivity contribution in [1.82, 2.24) is 9.80 Å². The summed E-state index contributed by atoms with van der Waals surface area (Å²) in [5.41, 5.74) is 1.48. The Morgan fingerprint density at radius 2 is 2.19 bits per heavy atom. The lowest BCUT2D eigenvalue weighted by Gasteiger charge is -2.36. The van der Waals surface area contributed by atoms with Gasteiger partial charge < -0.3 is 19.7 Å². The maximum absolute atomic E-state index is 9.32. The van der Waals surface area contributed by atoms with Gasteiger partial charge in [-0.1, -0.05) is 12.1 Å². The van der Waals surface area contributed by atoms with Crippen LogP contribution in [0, 0.1) is 0 Å². The number of ether oxygens (including phenoxy) is 1. The molecule has 5 nitrogen and oxygen atoms in total. The number of likely N-dealkylation sites (tertiary alicyclic amines) is 1. The highest BCUT2D eigenvalue weighted by molar-refractivity contribution is 6.58. The summed E-state index contributed by atoms with van der Waals surface area (Å²) in [6, 6.07) is 5.81. The van der Waals surface area contributed by atoms with Gasteiger partial charge in [-0.2, -0.15) is 0 Å². The molecule has 0 spiro atoms. The smallest absolute Gasteiger partial charge is 0.488 e. The number of hydrogen-bond donors (Lipinski definition) is 2. The summed E-state index contributed by atoms with van der Waals surface area (Å²) in [4.78, 5) is 4.68. The standard InChI is InChI=1S/C15H25BN2O3/c1-17-8-4-5-14(11-17)18(2)10-12-9-13(16(19)20)6-7-15(12)21-3/h6-7,9,14,19-20H,4-5,8,10-11H2,1-3H3. The number of rotatable bonds is 5. The van der Waals surface area contributed by atoms with Crippen molar-refractivity contribution in [2.75, 3.05) is 34.3 Å². The quantitative estimate of drug-likeness (QED) is 0.742. The molecule has 116 valence electrons. The van der Waals surface area contributed by atoms with Crippen LogP contribution < -0.4 is 10.2 Å². The fraction of sp³-hybridized carbons (Fsp3) is 0.600. The number of piperidine rings is 1. The first-order valence-electron chi connectivity index (χ1n) is 7.43. The van der Waals surface area contributed by atoms with Gasteiger partial charge in [0.2, 0.25) is 0 Å². The van der Waals surface area contributed by atoms with Crippen LogP contribution in [0.3, 0.4) is 0 Å². The Bertz CT molecular complexity index is 470. The van der Waals surface area contributed by atoms with Crippen molar-refractivity contribution in [3.63, 3.8) is 0 Å². The average molecular weight is 292 g/mol. The molecule has 1 unspecified atom stereocenters. The van der Waals surface area contributed by atoms with Crippen LogP contribution in [0.4, 0.5) is 0 Å². The van der Waals surface area contributed by atoms with Gasteiger partial charge in [-0.05, 0) is 45.0 Å². The fourth-order valence-corrected chi connectivity index (χ4v) is 2.98. The van der Waals surface area contributed by atoms with E-state index in [1.165, 1.54) is 19.4 Å². The molecule has 0 bridgehead atoms. The largest absolute Gasteiger partial charge is 0.496 e. The summed E-state index contributed by atoms with van der Waals surface area (Å²) in [6.07, 6.45) is 2.42. The molecule has 0 radical (unpaired) electrons. The minimum absolute atomic E-state index is 0.500. The summed E-state index contributed by atoms with van der Waals surface area (Å²) in [6.45, 7) is 2.98. The van der Waals surface area contributed by atoms with Crippen LogP contribution in [0.5, 0.6) is 5.75 Å². The molecule has 1 saturated heterocycles. The van der Waals surface area contributed by atoms with E-state index < -0.39 is 7.12 Å². The zero-order valence-corrected chi connectivity index (χ0v) is 13.1. The SMILES string of the molecule is COc1ccc(B(O)O)cc1CN(C)C1CCCN(C)C1. The van der Waals surface area contributed by atoms with E-state index in [4.69, 9.17) is 4.74 Å². The van der Waals surface area contributed by atoms with Crippen molar-refractivity contribution < 1.29 is 14.8 Å². The molecule has 1 heterocycles. The molecule has 1 aromatic carbocycles. The highest BCUT2D eigenvalue weighted by Gasteiger charge is 2.22. The highest BCUT2D eigenvalue weighted by Crippen LogP contribution is 2.21. The first kappa shape index (κ1) is 16.3. The van der Waals surface area contributed by atoms with Gasteiger partial charge in [0.05, 0.1) is 7.11 Å². The van der Waals surface area contributed by atoms with Gasteiger partial charge in [0, 0.05) is 24.7 Å². The molecule has 1 atom stereocenters. The maximum Gasteiger partial charge on any atom is 0.488 e. The van der Waals surface area contributed by atoms with Gasteiger partial charge >= 0.3 is 7.12 Å². The third-order valence-electron chi connectivity index (χ3n) is 4.25. The Balaban J connectivity index is 2.11. The Hall–Kier alpha value is -1.08. The van der Waals surface area contributed by atoms with Crippen molar-refractivity contribution in [3.05, 3.63) is 23.8 Å². The molecule has 0 amide bonds. The van der Waals surface area contributed by atoms with Gasteiger partial charge in [0.25, 0.3) is 0 Å². The van der Waals surface area contributed by atoms with Gasteiger partial charge in [0.1, 0.15) is 5.75 Å². The molecule has 2 rings (SSSR count). The first-order valence-corrected chi connectivity index (χ1v) is 7.43. The summed E-state index contributed by atoms with van der Waals surface area (Å²) in [5.74, 6) is 0.787. The van der Waals surface area contributed by atoms with E-state index in [2.05, 4.69) is 23.9 Å². The molecular weight excluding hydrogens is 267 g/mol. The molecule has 0 aliphatic carbocycles. The molecule has 1 aliphatic heterocycles. The molecule has 1 aromatic rings. The van der Waals surface area contributed by atoms with Crippen LogP contribution in [0.2, 0.25) is 0 Å². The van der Waals surface area contributed by atoms with E-state index in [9.17, 15) is 10.0 Å². The van der Waals surface area contributed by atoms with Gasteiger partial charge in [0.15, 0.2) is 0 Å². The van der Waals surface area contributed by atoms with E-state index in [0.29, 0.717) is 11.5 Å². The number of methoxy groups -OCH3 is 1. The number of benzene rings is 1. The second-order valence-corrected chi connectivity index (χ2v) is 5.92. The molecule has 1 fully saturated rings. The molecule has 0 aromatic heterocycles. The van der Waals surface area contributed by atoms with Crippen LogP contribution >= 0.6 is 0 Å². The first-order chi connectivity index (χ1) is 10.0. The van der Waals surface area contributed by atoms with Crippen molar-refractivity contribution >= 4 is 12.6 Å². The van der Waals surface area contributed by atoms with E-state index in [-0.39, 0.29) is 0 Å². The van der Waals surface area contributed by atoms with Crippen molar-refractivity contribution in [1.29, 1.82) is 0 Å². The molecule has 2 N–H and O–H groups in total. The fourth-order valence-electron chi connectivity index (χ4n) is 2.98. The van der Waals surface area contributed by atoms with E-state index in [0.717, 1.165) is 24.4 Å². The van der Waals surface area contributed by atoms with Gasteiger partial charge in [-0.15, -0.1) is 0 Å². The van der Waals surface area contributed by atoms with E-state index >= 15 is 0 Å². The molecule has 21 heavy (non-hydrogen) atoms. The predicted octanol–water partition coefficient (Wildman–Crippen LogP) is -0.0990. The molecule has 0 saturated carbocycles. The van der Waals surface area contributed by atoms with Crippen LogP contribution in [0.15, 0.2) is 18.2 Å². The van der Waals surface area contributed by atoms with E-state index in [1.807, 2.05) is 6.07 Å². The van der Waals surface area contributed by atoms with Gasteiger partial charge in [-0.3, -0.25) is 4.90 Å². The predicted molar refractivity (Wildman–Crippen MR) is 84.8 cm³/mol. The normalized spacial score (nSPS) is 19.8. The third kappa shape index (κ3) is 4.20. The summed E-state index contributed by atoms with van der Waals surface area (Å²) < 4.78 is 5.39. The lowest BCUT2D eigenvalue weighted by atomic mass is 9.79. The summed E-state index contributed by atoms with van der Waals surface area (Å²) in [7, 11) is 4.47.